The molecule has 5 amide bonds. The van der Waals surface area contributed by atoms with Gasteiger partial charge in [0.05, 0.1) is 12.6 Å². The van der Waals surface area contributed by atoms with Gasteiger partial charge in [0.25, 0.3) is 0 Å². The van der Waals surface area contributed by atoms with Crippen LogP contribution >= 0.6 is 0 Å². The van der Waals surface area contributed by atoms with Crippen molar-refractivity contribution in [1.29, 1.82) is 0 Å². The number of nitrogens with one attached hydrogen (secondary N) is 4. The van der Waals surface area contributed by atoms with Gasteiger partial charge in [0.15, 0.2) is 0 Å². The Kier molecular flexibility index (Phi) is 12.7. The summed E-state index contributed by atoms with van der Waals surface area (Å²) in [7, 11) is 0. The van der Waals surface area contributed by atoms with Gasteiger partial charge in [-0.25, -0.2) is 0 Å². The number of carboxylic acid groups (broad SMARTS) is 1. The van der Waals surface area contributed by atoms with Crippen molar-refractivity contribution in [2.24, 2.45) is 17.6 Å². The largest absolute Gasteiger partial charge is 0.480 e. The van der Waals surface area contributed by atoms with Gasteiger partial charge in [0.2, 0.25) is 29.5 Å². The quantitative estimate of drug-likeness (QED) is 0.165. The summed E-state index contributed by atoms with van der Waals surface area (Å²) in [5.74, 6) is -4.43. The Labute approximate surface area is 240 Å². The van der Waals surface area contributed by atoms with Crippen molar-refractivity contribution in [3.8, 4) is 0 Å². The Bertz CT molecular complexity index is 1090. The van der Waals surface area contributed by atoms with Crippen molar-refractivity contribution in [1.82, 2.24) is 26.2 Å². The van der Waals surface area contributed by atoms with E-state index in [1.165, 1.54) is 4.90 Å². The average Bonchev–Trinajstić information content (AvgIpc) is 3.42. The predicted octanol–water partition coefficient (Wildman–Crippen LogP) is -0.854. The first kappa shape index (κ1) is 33.2. The number of carboxylic acids is 1. The van der Waals surface area contributed by atoms with E-state index in [1.807, 2.05) is 19.9 Å². The predicted molar refractivity (Wildman–Crippen MR) is 150 cm³/mol. The van der Waals surface area contributed by atoms with E-state index in [0.29, 0.717) is 19.4 Å². The normalized spacial score (nSPS) is 17.0. The van der Waals surface area contributed by atoms with Crippen LogP contribution in [0.25, 0.3) is 0 Å². The summed E-state index contributed by atoms with van der Waals surface area (Å²) in [4.78, 5) is 76.5. The average molecular weight is 575 g/mol. The topological polar surface area (TPSA) is 200 Å². The maximum atomic E-state index is 13.3. The standard InChI is InChI=1S/C28H42N6O7/c1-16(2)23(29)28(41)34-12-8-11-20(34)26(39)32-19(13-18-9-6-5-7-10-18)25(38)30-14-21(35)33-24(17(3)4)27(40)31-15-22(36)37/h5-7,9-10,16-17,19-20,23-24H,8,11-15,29H2,1-4H3,(H,30,38)(H,31,40)(H,32,39)(H,33,35)(H,36,37)/t19-,20-,23-,24-/m0/s1. The van der Waals surface area contributed by atoms with Crippen molar-refractivity contribution < 1.29 is 33.9 Å². The Balaban J connectivity index is 2.09. The molecule has 0 aromatic heterocycles. The zero-order valence-electron chi connectivity index (χ0n) is 24.0. The number of likely N-dealkylation sites (tertiary alicyclic amines) is 1. The molecule has 226 valence electrons. The molecule has 13 nitrogen and oxygen atoms in total. The van der Waals surface area contributed by atoms with E-state index in [4.69, 9.17) is 10.8 Å². The number of benzene rings is 1. The van der Waals surface area contributed by atoms with Gasteiger partial charge in [0, 0.05) is 13.0 Å². The fourth-order valence-electron chi connectivity index (χ4n) is 4.43. The molecule has 1 aromatic rings. The highest BCUT2D eigenvalue weighted by molar-refractivity contribution is 5.95. The summed E-state index contributed by atoms with van der Waals surface area (Å²) in [6.45, 7) is 6.34. The van der Waals surface area contributed by atoms with Gasteiger partial charge in [-0.15, -0.1) is 0 Å². The highest BCUT2D eigenvalue weighted by atomic mass is 16.4. The van der Waals surface area contributed by atoms with Gasteiger partial charge in [-0.2, -0.15) is 0 Å². The first-order valence-electron chi connectivity index (χ1n) is 13.8. The van der Waals surface area contributed by atoms with Crippen LogP contribution < -0.4 is 27.0 Å². The third-order valence-electron chi connectivity index (χ3n) is 6.86. The molecule has 1 aliphatic rings. The van der Waals surface area contributed by atoms with Gasteiger partial charge < -0.3 is 37.0 Å². The second-order valence-corrected chi connectivity index (χ2v) is 10.8. The van der Waals surface area contributed by atoms with Crippen LogP contribution in [0.2, 0.25) is 0 Å². The number of nitrogens with two attached hydrogens (primary N) is 1. The maximum absolute atomic E-state index is 13.3. The van der Waals surface area contributed by atoms with E-state index in [9.17, 15) is 28.8 Å². The van der Waals surface area contributed by atoms with E-state index < -0.39 is 66.9 Å². The molecule has 41 heavy (non-hydrogen) atoms. The summed E-state index contributed by atoms with van der Waals surface area (Å²) in [5, 5.41) is 18.8. The lowest BCUT2D eigenvalue weighted by molar-refractivity contribution is -0.141. The molecule has 0 spiro atoms. The molecule has 7 N–H and O–H groups in total. The fraction of sp³-hybridized carbons (Fsp3) is 0.571. The van der Waals surface area contributed by atoms with Crippen LogP contribution in [0.4, 0.5) is 0 Å². The third kappa shape index (κ3) is 10.2. The molecule has 13 heteroatoms. The Morgan fingerprint density at radius 1 is 0.927 bits per heavy atom. The van der Waals surface area contributed by atoms with Gasteiger partial charge in [-0.3, -0.25) is 28.8 Å². The lowest BCUT2D eigenvalue weighted by Gasteiger charge is -2.29. The molecule has 1 saturated heterocycles. The van der Waals surface area contributed by atoms with Crippen molar-refractivity contribution in [3.05, 3.63) is 35.9 Å². The van der Waals surface area contributed by atoms with Crippen LogP contribution in [0.3, 0.4) is 0 Å². The Morgan fingerprint density at radius 3 is 2.15 bits per heavy atom. The summed E-state index contributed by atoms with van der Waals surface area (Å²) in [6, 6.07) is 5.44. The second-order valence-electron chi connectivity index (χ2n) is 10.8. The molecule has 0 aliphatic carbocycles. The minimum absolute atomic E-state index is 0.104. The van der Waals surface area contributed by atoms with Crippen LogP contribution in [-0.2, 0) is 35.2 Å². The summed E-state index contributed by atoms with van der Waals surface area (Å²) in [5.41, 5.74) is 6.82. The number of hydrogen-bond acceptors (Lipinski definition) is 7. The zero-order valence-corrected chi connectivity index (χ0v) is 24.0. The van der Waals surface area contributed by atoms with E-state index in [2.05, 4.69) is 21.3 Å². The minimum atomic E-state index is -1.22. The summed E-state index contributed by atoms with van der Waals surface area (Å²) >= 11 is 0. The molecule has 1 aliphatic heterocycles. The maximum Gasteiger partial charge on any atom is 0.322 e. The molecular weight excluding hydrogens is 532 g/mol. The van der Waals surface area contributed by atoms with Crippen LogP contribution in [0.15, 0.2) is 30.3 Å². The zero-order chi connectivity index (χ0) is 30.7. The fourth-order valence-corrected chi connectivity index (χ4v) is 4.43. The number of hydrogen-bond donors (Lipinski definition) is 6. The van der Waals surface area contributed by atoms with Crippen LogP contribution in [0, 0.1) is 11.8 Å². The number of amides is 5. The van der Waals surface area contributed by atoms with Gasteiger partial charge in [-0.05, 0) is 30.2 Å². The Hall–Kier alpha value is -4.00. The number of rotatable bonds is 14. The van der Waals surface area contributed by atoms with E-state index in [0.717, 1.165) is 5.56 Å². The summed E-state index contributed by atoms with van der Waals surface area (Å²) in [6.07, 6.45) is 1.20. The van der Waals surface area contributed by atoms with Crippen LogP contribution in [-0.4, -0.2) is 89.3 Å². The molecule has 2 rings (SSSR count). The SMILES string of the molecule is CC(C)[C@H](N)C(=O)N1CCC[C@H]1C(=O)N[C@@H](Cc1ccccc1)C(=O)NCC(=O)N[C@H](C(=O)NCC(=O)O)C(C)C. The number of nitrogens with zero attached hydrogens (tertiary/aromatic N) is 1. The van der Waals surface area contributed by atoms with E-state index in [1.54, 1.807) is 38.1 Å². The molecule has 1 fully saturated rings. The first-order valence-corrected chi connectivity index (χ1v) is 13.8. The lowest BCUT2D eigenvalue weighted by atomic mass is 10.0. The molecule has 1 heterocycles. The molecule has 0 radical (unpaired) electrons. The van der Waals surface area contributed by atoms with Crippen LogP contribution in [0.5, 0.6) is 0 Å². The second kappa shape index (κ2) is 15.7. The van der Waals surface area contributed by atoms with E-state index in [-0.39, 0.29) is 24.2 Å². The number of carbonyl (C=O) groups is 6. The molecule has 4 atom stereocenters. The molecule has 0 saturated carbocycles. The van der Waals surface area contributed by atoms with Gasteiger partial charge in [-0.1, -0.05) is 58.0 Å². The van der Waals surface area contributed by atoms with E-state index >= 15 is 0 Å². The van der Waals surface area contributed by atoms with Crippen molar-refractivity contribution in [2.45, 2.75) is 71.1 Å². The van der Waals surface area contributed by atoms with Crippen molar-refractivity contribution in [2.75, 3.05) is 19.6 Å². The molecular formula is C28H42N6O7. The highest BCUT2D eigenvalue weighted by Gasteiger charge is 2.38. The van der Waals surface area contributed by atoms with Crippen molar-refractivity contribution in [3.63, 3.8) is 0 Å². The third-order valence-corrected chi connectivity index (χ3v) is 6.86. The minimum Gasteiger partial charge on any atom is -0.480 e. The van der Waals surface area contributed by atoms with Gasteiger partial charge >= 0.3 is 5.97 Å². The summed E-state index contributed by atoms with van der Waals surface area (Å²) < 4.78 is 0. The van der Waals surface area contributed by atoms with Crippen LogP contribution in [0.1, 0.15) is 46.1 Å². The Morgan fingerprint density at radius 2 is 1.56 bits per heavy atom. The smallest absolute Gasteiger partial charge is 0.322 e. The molecule has 1 aromatic carbocycles. The monoisotopic (exact) mass is 574 g/mol. The van der Waals surface area contributed by atoms with Gasteiger partial charge in [0.1, 0.15) is 24.7 Å². The highest BCUT2D eigenvalue weighted by Crippen LogP contribution is 2.20. The molecule has 0 unspecified atom stereocenters. The first-order chi connectivity index (χ1) is 19.3. The molecule has 0 bridgehead atoms. The number of aliphatic carboxylic acids is 1. The lowest BCUT2D eigenvalue weighted by Crippen LogP contribution is -2.57. The van der Waals surface area contributed by atoms with Crippen molar-refractivity contribution >= 4 is 35.5 Å². The number of carbonyl (C=O) groups excluding carboxylic acids is 5.